The molecular formula is C20H19N3O5. The third-order valence-corrected chi connectivity index (χ3v) is 4.26. The van der Waals surface area contributed by atoms with Crippen molar-refractivity contribution in [3.8, 4) is 0 Å². The number of carbonyl (C=O) groups is 2. The lowest BCUT2D eigenvalue weighted by Gasteiger charge is -2.07. The van der Waals surface area contributed by atoms with Crippen LogP contribution in [0.1, 0.15) is 33.2 Å². The molecule has 0 saturated heterocycles. The highest BCUT2D eigenvalue weighted by molar-refractivity contribution is 5.99. The zero-order chi connectivity index (χ0) is 20.1. The zero-order valence-electron chi connectivity index (χ0n) is 15.2. The largest absolute Gasteiger partial charge is 0.462 e. The fourth-order valence-electron chi connectivity index (χ4n) is 2.93. The van der Waals surface area contributed by atoms with Gasteiger partial charge < -0.3 is 15.0 Å². The molecule has 2 N–H and O–H groups in total. The van der Waals surface area contributed by atoms with E-state index in [4.69, 9.17) is 4.74 Å². The van der Waals surface area contributed by atoms with Gasteiger partial charge in [-0.1, -0.05) is 18.2 Å². The van der Waals surface area contributed by atoms with Crippen LogP contribution in [-0.4, -0.2) is 34.9 Å². The highest BCUT2D eigenvalue weighted by atomic mass is 16.6. The number of para-hydroxylation sites is 1. The zero-order valence-corrected chi connectivity index (χ0v) is 15.2. The summed E-state index contributed by atoms with van der Waals surface area (Å²) in [6.07, 6.45) is 2.48. The monoisotopic (exact) mass is 381 g/mol. The van der Waals surface area contributed by atoms with E-state index in [0.29, 0.717) is 13.0 Å². The van der Waals surface area contributed by atoms with Gasteiger partial charge in [-0.3, -0.25) is 14.9 Å². The van der Waals surface area contributed by atoms with Crippen molar-refractivity contribution >= 4 is 28.5 Å². The molecule has 3 aromatic rings. The van der Waals surface area contributed by atoms with Gasteiger partial charge in [0.15, 0.2) is 0 Å². The maximum Gasteiger partial charge on any atom is 0.338 e. The maximum atomic E-state index is 12.5. The number of nitrogens with zero attached hydrogens (tertiary/aromatic N) is 1. The van der Waals surface area contributed by atoms with Gasteiger partial charge in [-0.05, 0) is 31.0 Å². The third kappa shape index (κ3) is 4.17. The number of non-ortho nitro benzene ring substituents is 1. The van der Waals surface area contributed by atoms with E-state index in [0.717, 1.165) is 28.6 Å². The summed E-state index contributed by atoms with van der Waals surface area (Å²) < 4.78 is 4.87. The van der Waals surface area contributed by atoms with E-state index >= 15 is 0 Å². The molecule has 0 saturated carbocycles. The van der Waals surface area contributed by atoms with Crippen LogP contribution in [0, 0.1) is 10.1 Å². The second-order valence-electron chi connectivity index (χ2n) is 6.11. The minimum atomic E-state index is -0.709. The highest BCUT2D eigenvalue weighted by Crippen LogP contribution is 2.19. The minimum Gasteiger partial charge on any atom is -0.462 e. The number of aromatic nitrogens is 1. The Morgan fingerprint density at radius 3 is 2.68 bits per heavy atom. The number of hydrogen-bond donors (Lipinski definition) is 2. The fourth-order valence-corrected chi connectivity index (χ4v) is 2.93. The highest BCUT2D eigenvalue weighted by Gasteiger charge is 2.18. The summed E-state index contributed by atoms with van der Waals surface area (Å²) in [5.41, 5.74) is 1.74. The van der Waals surface area contributed by atoms with Crippen LogP contribution in [0.2, 0.25) is 0 Å². The Labute approximate surface area is 160 Å². The molecule has 0 fully saturated rings. The molecule has 8 heteroatoms. The summed E-state index contributed by atoms with van der Waals surface area (Å²) in [7, 11) is 0. The second kappa shape index (κ2) is 8.34. The number of fused-ring (bicyclic) bond motifs is 1. The molecule has 0 unspecified atom stereocenters. The van der Waals surface area contributed by atoms with Crippen LogP contribution in [0.4, 0.5) is 5.69 Å². The predicted molar refractivity (Wildman–Crippen MR) is 103 cm³/mol. The summed E-state index contributed by atoms with van der Waals surface area (Å²) in [6.45, 7) is 2.11. The molecule has 0 aliphatic heterocycles. The van der Waals surface area contributed by atoms with Crippen LogP contribution < -0.4 is 5.32 Å². The molecule has 3 rings (SSSR count). The molecule has 144 valence electrons. The number of rotatable bonds is 7. The molecule has 0 aliphatic carbocycles. The Balaban J connectivity index is 1.72. The molecule has 1 amide bonds. The molecular weight excluding hydrogens is 362 g/mol. The molecule has 1 aromatic heterocycles. The lowest BCUT2D eigenvalue weighted by atomic mass is 10.1. The molecule has 0 atom stereocenters. The van der Waals surface area contributed by atoms with Gasteiger partial charge in [-0.25, -0.2) is 4.79 Å². The minimum absolute atomic E-state index is 0.0298. The van der Waals surface area contributed by atoms with E-state index in [1.54, 1.807) is 6.92 Å². The van der Waals surface area contributed by atoms with Crippen LogP contribution in [-0.2, 0) is 11.2 Å². The van der Waals surface area contributed by atoms with Crippen molar-refractivity contribution in [1.29, 1.82) is 0 Å². The Bertz CT molecular complexity index is 1040. The molecule has 28 heavy (non-hydrogen) atoms. The summed E-state index contributed by atoms with van der Waals surface area (Å²) in [4.78, 5) is 38.0. The number of ether oxygens (including phenoxy) is 1. The summed E-state index contributed by atoms with van der Waals surface area (Å²) in [5.74, 6) is -1.20. The van der Waals surface area contributed by atoms with E-state index < -0.39 is 16.8 Å². The van der Waals surface area contributed by atoms with Crippen molar-refractivity contribution < 1.29 is 19.2 Å². The van der Waals surface area contributed by atoms with Crippen molar-refractivity contribution in [2.45, 2.75) is 13.3 Å². The number of benzene rings is 2. The maximum absolute atomic E-state index is 12.5. The first-order valence-electron chi connectivity index (χ1n) is 8.79. The average molecular weight is 381 g/mol. The number of nitro groups is 1. The Kier molecular flexibility index (Phi) is 5.69. The predicted octanol–water partition coefficient (Wildman–Crippen LogP) is 3.23. The second-order valence-corrected chi connectivity index (χ2v) is 6.11. The van der Waals surface area contributed by atoms with Gasteiger partial charge in [-0.2, -0.15) is 0 Å². The van der Waals surface area contributed by atoms with Crippen LogP contribution in [0.5, 0.6) is 0 Å². The van der Waals surface area contributed by atoms with E-state index in [9.17, 15) is 19.7 Å². The van der Waals surface area contributed by atoms with Gasteiger partial charge in [0.2, 0.25) is 0 Å². The summed E-state index contributed by atoms with van der Waals surface area (Å²) in [6, 6.07) is 11.4. The van der Waals surface area contributed by atoms with Gasteiger partial charge in [0.25, 0.3) is 11.6 Å². The average Bonchev–Trinajstić information content (AvgIpc) is 3.11. The lowest BCUT2D eigenvalue weighted by molar-refractivity contribution is -0.384. The van der Waals surface area contributed by atoms with E-state index in [2.05, 4.69) is 10.3 Å². The van der Waals surface area contributed by atoms with Gasteiger partial charge in [0, 0.05) is 41.3 Å². The number of carbonyl (C=O) groups excluding carboxylic acids is 2. The Morgan fingerprint density at radius 2 is 1.93 bits per heavy atom. The number of aromatic amines is 1. The third-order valence-electron chi connectivity index (χ3n) is 4.26. The van der Waals surface area contributed by atoms with E-state index in [-0.39, 0.29) is 23.4 Å². The van der Waals surface area contributed by atoms with Crippen LogP contribution >= 0.6 is 0 Å². The fraction of sp³-hybridized carbons (Fsp3) is 0.200. The van der Waals surface area contributed by atoms with Crippen molar-refractivity contribution in [1.82, 2.24) is 10.3 Å². The molecule has 0 aliphatic rings. The lowest BCUT2D eigenvalue weighted by Crippen LogP contribution is -2.26. The normalized spacial score (nSPS) is 10.6. The standard InChI is InChI=1S/C20H19N3O5/c1-2-28-20(25)15-9-14(10-16(11-15)23(26)27)19(24)21-8-7-13-12-22-18-6-4-3-5-17(13)18/h3-6,9-12,22H,2,7-8H2,1H3,(H,21,24). The smallest absolute Gasteiger partial charge is 0.338 e. The van der Waals surface area contributed by atoms with Crippen molar-refractivity contribution in [3.05, 3.63) is 75.5 Å². The number of hydrogen-bond acceptors (Lipinski definition) is 5. The van der Waals surface area contributed by atoms with Crippen molar-refractivity contribution in [2.75, 3.05) is 13.2 Å². The van der Waals surface area contributed by atoms with Crippen molar-refractivity contribution in [3.63, 3.8) is 0 Å². The first-order chi connectivity index (χ1) is 13.5. The van der Waals surface area contributed by atoms with Crippen molar-refractivity contribution in [2.24, 2.45) is 0 Å². The van der Waals surface area contributed by atoms with Crippen LogP contribution in [0.3, 0.4) is 0 Å². The molecule has 0 spiro atoms. The number of nitro benzene ring substituents is 1. The topological polar surface area (TPSA) is 114 Å². The van der Waals surface area contributed by atoms with Gasteiger partial charge >= 0.3 is 5.97 Å². The Morgan fingerprint density at radius 1 is 1.18 bits per heavy atom. The molecule has 1 heterocycles. The number of esters is 1. The van der Waals surface area contributed by atoms with Gasteiger partial charge in [0.1, 0.15) is 0 Å². The van der Waals surface area contributed by atoms with E-state index in [1.165, 1.54) is 6.07 Å². The Hall–Kier alpha value is -3.68. The summed E-state index contributed by atoms with van der Waals surface area (Å²) in [5, 5.41) is 14.9. The number of amides is 1. The SMILES string of the molecule is CCOC(=O)c1cc(C(=O)NCCc2c[nH]c3ccccc23)cc([N+](=O)[O-])c1. The summed E-state index contributed by atoms with van der Waals surface area (Å²) >= 11 is 0. The first-order valence-corrected chi connectivity index (χ1v) is 8.79. The first kappa shape index (κ1) is 19.1. The van der Waals surface area contributed by atoms with Gasteiger partial charge in [-0.15, -0.1) is 0 Å². The van der Waals surface area contributed by atoms with Crippen LogP contribution in [0.15, 0.2) is 48.7 Å². The molecule has 2 aromatic carbocycles. The van der Waals surface area contributed by atoms with Crippen LogP contribution in [0.25, 0.3) is 10.9 Å². The quantitative estimate of drug-likeness (QED) is 0.370. The number of nitrogens with one attached hydrogen (secondary N) is 2. The molecule has 0 bridgehead atoms. The van der Waals surface area contributed by atoms with E-state index in [1.807, 2.05) is 30.5 Å². The number of H-pyrrole nitrogens is 1. The van der Waals surface area contributed by atoms with Gasteiger partial charge in [0.05, 0.1) is 17.1 Å². The molecule has 0 radical (unpaired) electrons. The molecule has 8 nitrogen and oxygen atoms in total.